The number of benzene rings is 1. The van der Waals surface area contributed by atoms with Gasteiger partial charge in [-0.1, -0.05) is 0 Å². The monoisotopic (exact) mass is 225 g/mol. The molecule has 0 saturated carbocycles. The lowest BCUT2D eigenvalue weighted by molar-refractivity contribution is 0.0669. The van der Waals surface area contributed by atoms with E-state index in [-0.39, 0.29) is 6.10 Å². The first-order valence-electron chi connectivity index (χ1n) is 5.30. The predicted octanol–water partition coefficient (Wildman–Crippen LogP) is 1.74. The molecule has 0 saturated heterocycles. The zero-order valence-corrected chi connectivity index (χ0v) is 10.0. The summed E-state index contributed by atoms with van der Waals surface area (Å²) in [4.78, 5) is 0. The molecule has 4 heteroatoms. The molecule has 0 spiro atoms. The van der Waals surface area contributed by atoms with Gasteiger partial charge < -0.3 is 19.9 Å². The van der Waals surface area contributed by atoms with E-state index in [0.29, 0.717) is 13.2 Å². The second-order valence-corrected chi connectivity index (χ2v) is 3.29. The summed E-state index contributed by atoms with van der Waals surface area (Å²) in [6.07, 6.45) is -0.133. The van der Waals surface area contributed by atoms with Crippen molar-refractivity contribution in [2.24, 2.45) is 5.73 Å². The molecule has 0 aromatic heterocycles. The third-order valence-corrected chi connectivity index (χ3v) is 2.37. The molecule has 1 rings (SSSR count). The first-order chi connectivity index (χ1) is 7.76. The van der Waals surface area contributed by atoms with Gasteiger partial charge in [-0.25, -0.2) is 0 Å². The Bertz CT molecular complexity index is 328. The zero-order valence-electron chi connectivity index (χ0n) is 10.0. The highest BCUT2D eigenvalue weighted by Gasteiger charge is 2.15. The normalized spacial score (nSPS) is 12.2. The summed E-state index contributed by atoms with van der Waals surface area (Å²) in [5, 5.41) is 0. The second kappa shape index (κ2) is 6.35. The van der Waals surface area contributed by atoms with Crippen molar-refractivity contribution < 1.29 is 14.2 Å². The SMILES string of the molecule is CCO[C@@H](CN)c1ccc(OC)cc1OC. The number of nitrogens with two attached hydrogens (primary N) is 1. The third kappa shape index (κ3) is 2.87. The molecule has 0 fully saturated rings. The Balaban J connectivity index is 3.01. The van der Waals surface area contributed by atoms with Crippen LogP contribution in [0.3, 0.4) is 0 Å². The number of ether oxygens (including phenoxy) is 3. The van der Waals surface area contributed by atoms with Crippen LogP contribution in [-0.4, -0.2) is 27.4 Å². The van der Waals surface area contributed by atoms with Crippen molar-refractivity contribution in [3.63, 3.8) is 0 Å². The molecule has 0 radical (unpaired) electrons. The minimum Gasteiger partial charge on any atom is -0.497 e. The summed E-state index contributed by atoms with van der Waals surface area (Å²) in [7, 11) is 3.25. The summed E-state index contributed by atoms with van der Waals surface area (Å²) < 4.78 is 16.0. The fraction of sp³-hybridized carbons (Fsp3) is 0.500. The Hall–Kier alpha value is -1.26. The molecule has 1 aromatic carbocycles. The molecule has 2 N–H and O–H groups in total. The number of hydrogen-bond donors (Lipinski definition) is 1. The van der Waals surface area contributed by atoms with Gasteiger partial charge in [0.25, 0.3) is 0 Å². The Kier molecular flexibility index (Phi) is 5.08. The zero-order chi connectivity index (χ0) is 12.0. The van der Waals surface area contributed by atoms with Crippen LogP contribution in [0.1, 0.15) is 18.6 Å². The minimum atomic E-state index is -0.133. The van der Waals surface area contributed by atoms with Crippen LogP contribution in [0.15, 0.2) is 18.2 Å². The molecule has 0 amide bonds. The molecule has 0 aliphatic rings. The van der Waals surface area contributed by atoms with Crippen molar-refractivity contribution in [2.75, 3.05) is 27.4 Å². The average molecular weight is 225 g/mol. The van der Waals surface area contributed by atoms with Gasteiger partial charge in [0.15, 0.2) is 0 Å². The Morgan fingerprint density at radius 1 is 1.25 bits per heavy atom. The Labute approximate surface area is 96.3 Å². The van der Waals surface area contributed by atoms with Gasteiger partial charge in [-0.2, -0.15) is 0 Å². The van der Waals surface area contributed by atoms with Crippen LogP contribution >= 0.6 is 0 Å². The average Bonchev–Trinajstić information content (AvgIpc) is 2.35. The van der Waals surface area contributed by atoms with E-state index in [9.17, 15) is 0 Å². The molecular weight excluding hydrogens is 206 g/mol. The van der Waals surface area contributed by atoms with Gasteiger partial charge in [0.05, 0.1) is 20.3 Å². The van der Waals surface area contributed by atoms with E-state index in [2.05, 4.69) is 0 Å². The lowest BCUT2D eigenvalue weighted by Gasteiger charge is -2.18. The highest BCUT2D eigenvalue weighted by Crippen LogP contribution is 2.30. The smallest absolute Gasteiger partial charge is 0.128 e. The number of methoxy groups -OCH3 is 2. The van der Waals surface area contributed by atoms with Crippen molar-refractivity contribution in [1.29, 1.82) is 0 Å². The number of hydrogen-bond acceptors (Lipinski definition) is 4. The van der Waals surface area contributed by atoms with Crippen LogP contribution in [0.2, 0.25) is 0 Å². The van der Waals surface area contributed by atoms with E-state index in [4.69, 9.17) is 19.9 Å². The van der Waals surface area contributed by atoms with Crippen LogP contribution in [0.25, 0.3) is 0 Å². The van der Waals surface area contributed by atoms with E-state index < -0.39 is 0 Å². The maximum absolute atomic E-state index is 5.67. The van der Waals surface area contributed by atoms with Gasteiger partial charge in [0.1, 0.15) is 11.5 Å². The minimum absolute atomic E-state index is 0.133. The fourth-order valence-electron chi connectivity index (χ4n) is 1.57. The van der Waals surface area contributed by atoms with Crippen molar-refractivity contribution in [3.05, 3.63) is 23.8 Å². The Morgan fingerprint density at radius 3 is 2.50 bits per heavy atom. The maximum atomic E-state index is 5.67. The van der Waals surface area contributed by atoms with E-state index in [1.165, 1.54) is 0 Å². The maximum Gasteiger partial charge on any atom is 0.128 e. The molecule has 16 heavy (non-hydrogen) atoms. The van der Waals surface area contributed by atoms with Crippen LogP contribution < -0.4 is 15.2 Å². The fourth-order valence-corrected chi connectivity index (χ4v) is 1.57. The van der Waals surface area contributed by atoms with E-state index in [1.807, 2.05) is 25.1 Å². The predicted molar refractivity (Wildman–Crippen MR) is 63.0 cm³/mol. The molecule has 90 valence electrons. The lowest BCUT2D eigenvalue weighted by atomic mass is 10.1. The summed E-state index contributed by atoms with van der Waals surface area (Å²) in [5.41, 5.74) is 6.62. The van der Waals surface area contributed by atoms with Gasteiger partial charge in [0.2, 0.25) is 0 Å². The van der Waals surface area contributed by atoms with E-state index in [1.54, 1.807) is 14.2 Å². The summed E-state index contributed by atoms with van der Waals surface area (Å²) in [6.45, 7) is 2.99. The number of rotatable bonds is 6. The van der Waals surface area contributed by atoms with E-state index in [0.717, 1.165) is 17.1 Å². The van der Waals surface area contributed by atoms with Crippen LogP contribution in [-0.2, 0) is 4.74 Å². The third-order valence-electron chi connectivity index (χ3n) is 2.37. The highest BCUT2D eigenvalue weighted by molar-refractivity contribution is 5.42. The molecule has 0 heterocycles. The first kappa shape index (κ1) is 12.8. The largest absolute Gasteiger partial charge is 0.497 e. The molecule has 0 bridgehead atoms. The Morgan fingerprint density at radius 2 is 2.00 bits per heavy atom. The van der Waals surface area contributed by atoms with Crippen molar-refractivity contribution in [1.82, 2.24) is 0 Å². The molecule has 1 aromatic rings. The van der Waals surface area contributed by atoms with Crippen LogP contribution in [0.5, 0.6) is 11.5 Å². The van der Waals surface area contributed by atoms with Gasteiger partial charge in [0, 0.05) is 24.8 Å². The molecule has 0 aliphatic carbocycles. The summed E-state index contributed by atoms with van der Waals surface area (Å²) in [6, 6.07) is 5.63. The first-order valence-corrected chi connectivity index (χ1v) is 5.30. The summed E-state index contributed by atoms with van der Waals surface area (Å²) in [5.74, 6) is 1.50. The second-order valence-electron chi connectivity index (χ2n) is 3.29. The highest BCUT2D eigenvalue weighted by atomic mass is 16.5. The summed E-state index contributed by atoms with van der Waals surface area (Å²) >= 11 is 0. The van der Waals surface area contributed by atoms with Gasteiger partial charge in [-0.15, -0.1) is 0 Å². The molecule has 1 atom stereocenters. The van der Waals surface area contributed by atoms with Crippen LogP contribution in [0, 0.1) is 0 Å². The lowest BCUT2D eigenvalue weighted by Crippen LogP contribution is -2.16. The molecule has 0 aliphatic heterocycles. The van der Waals surface area contributed by atoms with Gasteiger partial charge in [-0.05, 0) is 19.1 Å². The quantitative estimate of drug-likeness (QED) is 0.801. The van der Waals surface area contributed by atoms with Gasteiger partial charge in [-0.3, -0.25) is 0 Å². The molecule has 4 nitrogen and oxygen atoms in total. The van der Waals surface area contributed by atoms with Gasteiger partial charge >= 0.3 is 0 Å². The molecular formula is C12H19NO3. The van der Waals surface area contributed by atoms with Crippen molar-refractivity contribution in [3.8, 4) is 11.5 Å². The topological polar surface area (TPSA) is 53.7 Å². The van der Waals surface area contributed by atoms with E-state index >= 15 is 0 Å². The molecule has 0 unspecified atom stereocenters. The van der Waals surface area contributed by atoms with Crippen LogP contribution in [0.4, 0.5) is 0 Å². The van der Waals surface area contributed by atoms with Crippen molar-refractivity contribution >= 4 is 0 Å². The van der Waals surface area contributed by atoms with Crippen molar-refractivity contribution in [2.45, 2.75) is 13.0 Å². The standard InChI is InChI=1S/C12H19NO3/c1-4-16-12(8-13)10-6-5-9(14-2)7-11(10)15-3/h5-7,12H,4,8,13H2,1-3H3/t12-/m0/s1.